The minimum atomic E-state index is 0.0979. The third-order valence-corrected chi connectivity index (χ3v) is 3.66. The first-order valence-corrected chi connectivity index (χ1v) is 7.06. The summed E-state index contributed by atoms with van der Waals surface area (Å²) in [6.45, 7) is 5.45. The Kier molecular flexibility index (Phi) is 4.33. The topological polar surface area (TPSA) is 15.3 Å². The van der Waals surface area contributed by atoms with E-state index in [1.165, 1.54) is 16.9 Å². The number of benzene rings is 2. The number of rotatable bonds is 5. The molecule has 2 nitrogen and oxygen atoms in total. The average Bonchev–Trinajstić information content (AvgIpc) is 2.46. The highest BCUT2D eigenvalue weighted by Gasteiger charge is 2.20. The molecule has 2 aromatic rings. The predicted octanol–water partition coefficient (Wildman–Crippen LogP) is 4.14. The van der Waals surface area contributed by atoms with E-state index >= 15 is 0 Å². The predicted molar refractivity (Wildman–Crippen MR) is 88.7 cm³/mol. The Bertz CT molecular complexity index is 544. The fourth-order valence-electron chi connectivity index (χ4n) is 2.32. The van der Waals surface area contributed by atoms with Crippen molar-refractivity contribution in [3.63, 3.8) is 0 Å². The Morgan fingerprint density at radius 3 is 2.15 bits per heavy atom. The molecule has 0 aliphatic carbocycles. The van der Waals surface area contributed by atoms with Gasteiger partial charge in [0.2, 0.25) is 0 Å². The summed E-state index contributed by atoms with van der Waals surface area (Å²) in [5.41, 5.74) is 3.86. The van der Waals surface area contributed by atoms with Gasteiger partial charge in [-0.3, -0.25) is 0 Å². The van der Waals surface area contributed by atoms with E-state index < -0.39 is 0 Å². The number of hydrogen-bond donors (Lipinski definition) is 1. The van der Waals surface area contributed by atoms with E-state index in [1.54, 1.807) is 0 Å². The molecule has 0 saturated heterocycles. The van der Waals surface area contributed by atoms with Crippen molar-refractivity contribution in [3.8, 4) is 0 Å². The van der Waals surface area contributed by atoms with Crippen LogP contribution in [-0.2, 0) is 5.41 Å². The van der Waals surface area contributed by atoms with Gasteiger partial charge < -0.3 is 10.2 Å². The van der Waals surface area contributed by atoms with Gasteiger partial charge in [0.25, 0.3) is 0 Å². The summed E-state index contributed by atoms with van der Waals surface area (Å²) in [5, 5.41) is 3.59. The average molecular weight is 268 g/mol. The fourth-order valence-corrected chi connectivity index (χ4v) is 2.32. The molecule has 2 rings (SSSR count). The zero-order valence-electron chi connectivity index (χ0n) is 12.9. The molecular formula is C18H24N2. The molecule has 0 heterocycles. The third-order valence-electron chi connectivity index (χ3n) is 3.66. The van der Waals surface area contributed by atoms with E-state index in [4.69, 9.17) is 0 Å². The van der Waals surface area contributed by atoms with Gasteiger partial charge in [-0.15, -0.1) is 0 Å². The van der Waals surface area contributed by atoms with Crippen molar-refractivity contribution < 1.29 is 0 Å². The standard InChI is InChI=1S/C18H24N2/c1-18(2,15-10-6-5-7-11-15)14-19-16-12-8-9-13-17(16)20(3)4/h5-13,19H,14H2,1-4H3. The second kappa shape index (κ2) is 6.00. The molecule has 0 unspecified atom stereocenters. The molecule has 1 N–H and O–H groups in total. The lowest BCUT2D eigenvalue weighted by molar-refractivity contribution is 0.557. The lowest BCUT2D eigenvalue weighted by Gasteiger charge is -2.27. The Hall–Kier alpha value is -1.96. The Balaban J connectivity index is 2.13. The van der Waals surface area contributed by atoms with Crippen molar-refractivity contribution in [2.45, 2.75) is 19.3 Å². The minimum Gasteiger partial charge on any atom is -0.382 e. The van der Waals surface area contributed by atoms with Gasteiger partial charge in [-0.05, 0) is 17.7 Å². The largest absolute Gasteiger partial charge is 0.382 e. The van der Waals surface area contributed by atoms with Gasteiger partial charge in [0.1, 0.15) is 0 Å². The smallest absolute Gasteiger partial charge is 0.0596 e. The van der Waals surface area contributed by atoms with Gasteiger partial charge in [-0.1, -0.05) is 56.3 Å². The van der Waals surface area contributed by atoms with E-state index in [0.29, 0.717) is 0 Å². The van der Waals surface area contributed by atoms with Crippen LogP contribution in [0.1, 0.15) is 19.4 Å². The maximum atomic E-state index is 3.59. The highest BCUT2D eigenvalue weighted by Crippen LogP contribution is 2.27. The van der Waals surface area contributed by atoms with Crippen molar-refractivity contribution in [3.05, 3.63) is 60.2 Å². The molecule has 2 heteroatoms. The van der Waals surface area contributed by atoms with Crippen LogP contribution in [-0.4, -0.2) is 20.6 Å². The molecule has 20 heavy (non-hydrogen) atoms. The van der Waals surface area contributed by atoms with Crippen LogP contribution >= 0.6 is 0 Å². The maximum Gasteiger partial charge on any atom is 0.0596 e. The van der Waals surface area contributed by atoms with E-state index in [0.717, 1.165) is 6.54 Å². The molecule has 0 amide bonds. The third kappa shape index (κ3) is 3.32. The fraction of sp³-hybridized carbons (Fsp3) is 0.333. The van der Waals surface area contributed by atoms with Gasteiger partial charge in [0, 0.05) is 26.1 Å². The molecule has 0 aromatic heterocycles. The SMILES string of the molecule is CN(C)c1ccccc1NCC(C)(C)c1ccccc1. The van der Waals surface area contributed by atoms with E-state index in [1.807, 2.05) is 0 Å². The van der Waals surface area contributed by atoms with Crippen molar-refractivity contribution >= 4 is 11.4 Å². The number of nitrogens with zero attached hydrogens (tertiary/aromatic N) is 1. The Labute approximate surface area is 122 Å². The van der Waals surface area contributed by atoms with E-state index in [9.17, 15) is 0 Å². The summed E-state index contributed by atoms with van der Waals surface area (Å²) in [4.78, 5) is 2.14. The van der Waals surface area contributed by atoms with Crippen molar-refractivity contribution in [2.75, 3.05) is 30.9 Å². The molecular weight excluding hydrogens is 244 g/mol. The minimum absolute atomic E-state index is 0.0979. The van der Waals surface area contributed by atoms with E-state index in [2.05, 4.69) is 92.8 Å². The number of para-hydroxylation sites is 2. The molecule has 0 radical (unpaired) electrons. The molecule has 0 fully saturated rings. The first-order valence-electron chi connectivity index (χ1n) is 7.06. The highest BCUT2D eigenvalue weighted by molar-refractivity contribution is 5.69. The zero-order chi connectivity index (χ0) is 14.6. The molecule has 0 aliphatic heterocycles. The van der Waals surface area contributed by atoms with Crippen LogP contribution < -0.4 is 10.2 Å². The molecule has 0 saturated carbocycles. The van der Waals surface area contributed by atoms with Crippen LogP contribution in [0.5, 0.6) is 0 Å². The lowest BCUT2D eigenvalue weighted by Crippen LogP contribution is -2.28. The monoisotopic (exact) mass is 268 g/mol. The normalized spacial score (nSPS) is 11.2. The van der Waals surface area contributed by atoms with Crippen molar-refractivity contribution in [2.24, 2.45) is 0 Å². The summed E-state index contributed by atoms with van der Waals surface area (Å²) in [6.07, 6.45) is 0. The van der Waals surface area contributed by atoms with Gasteiger partial charge >= 0.3 is 0 Å². The molecule has 106 valence electrons. The number of hydrogen-bond acceptors (Lipinski definition) is 2. The summed E-state index contributed by atoms with van der Waals surface area (Å²) in [7, 11) is 4.14. The second-order valence-electron chi connectivity index (χ2n) is 6.02. The molecule has 0 spiro atoms. The Morgan fingerprint density at radius 2 is 1.50 bits per heavy atom. The summed E-state index contributed by atoms with van der Waals surface area (Å²) in [5.74, 6) is 0. The van der Waals surface area contributed by atoms with Gasteiger partial charge in [0.15, 0.2) is 0 Å². The van der Waals surface area contributed by atoms with Crippen LogP contribution in [0, 0.1) is 0 Å². The second-order valence-corrected chi connectivity index (χ2v) is 6.02. The lowest BCUT2D eigenvalue weighted by atomic mass is 9.84. The first kappa shape index (κ1) is 14.4. The summed E-state index contributed by atoms with van der Waals surface area (Å²) in [6, 6.07) is 19.1. The van der Waals surface area contributed by atoms with Gasteiger partial charge in [-0.25, -0.2) is 0 Å². The molecule has 0 atom stereocenters. The van der Waals surface area contributed by atoms with Crippen molar-refractivity contribution in [1.29, 1.82) is 0 Å². The molecule has 0 bridgehead atoms. The number of nitrogens with one attached hydrogen (secondary N) is 1. The Morgan fingerprint density at radius 1 is 0.900 bits per heavy atom. The van der Waals surface area contributed by atoms with Crippen LogP contribution in [0.4, 0.5) is 11.4 Å². The molecule has 0 aliphatic rings. The van der Waals surface area contributed by atoms with Gasteiger partial charge in [0.05, 0.1) is 11.4 Å². The van der Waals surface area contributed by atoms with Crippen molar-refractivity contribution in [1.82, 2.24) is 0 Å². The maximum absolute atomic E-state index is 3.59. The van der Waals surface area contributed by atoms with Crippen LogP contribution in [0.2, 0.25) is 0 Å². The summed E-state index contributed by atoms with van der Waals surface area (Å²) >= 11 is 0. The highest BCUT2D eigenvalue weighted by atomic mass is 15.1. The van der Waals surface area contributed by atoms with E-state index in [-0.39, 0.29) is 5.41 Å². The van der Waals surface area contributed by atoms with Crippen LogP contribution in [0.25, 0.3) is 0 Å². The quantitative estimate of drug-likeness (QED) is 0.876. The zero-order valence-corrected chi connectivity index (χ0v) is 12.9. The van der Waals surface area contributed by atoms with Gasteiger partial charge in [-0.2, -0.15) is 0 Å². The van der Waals surface area contributed by atoms with Crippen LogP contribution in [0.15, 0.2) is 54.6 Å². The summed E-state index contributed by atoms with van der Waals surface area (Å²) < 4.78 is 0. The van der Waals surface area contributed by atoms with Crippen LogP contribution in [0.3, 0.4) is 0 Å². The number of anilines is 2. The first-order chi connectivity index (χ1) is 9.50. The molecule has 2 aromatic carbocycles.